The third-order valence-electron chi connectivity index (χ3n) is 3.67. The van der Waals surface area contributed by atoms with E-state index in [0.717, 1.165) is 6.07 Å². The van der Waals surface area contributed by atoms with Gasteiger partial charge in [0.05, 0.1) is 0 Å². The molecule has 5 nitrogen and oxygen atoms in total. The van der Waals surface area contributed by atoms with Crippen LogP contribution in [0.4, 0.5) is 13.2 Å². The summed E-state index contributed by atoms with van der Waals surface area (Å²) in [6.07, 6.45) is -0.702. The van der Waals surface area contributed by atoms with Crippen LogP contribution in [0.3, 0.4) is 0 Å². The van der Waals surface area contributed by atoms with Gasteiger partial charge >= 0.3 is 0 Å². The fraction of sp³-hybridized carbons (Fsp3) is 0.316. The summed E-state index contributed by atoms with van der Waals surface area (Å²) >= 11 is 0. The lowest BCUT2D eigenvalue weighted by Crippen LogP contribution is -2.23. The van der Waals surface area contributed by atoms with Crippen molar-refractivity contribution in [2.24, 2.45) is 0 Å². The van der Waals surface area contributed by atoms with E-state index in [2.05, 4.69) is 15.0 Å². The number of nitrogens with zero attached hydrogens (tertiary/aromatic N) is 1. The Kier molecular flexibility index (Phi) is 7.34. The van der Waals surface area contributed by atoms with Gasteiger partial charge in [0.15, 0.2) is 11.6 Å². The Balaban J connectivity index is 1.96. The highest BCUT2D eigenvalue weighted by Gasteiger charge is 2.11. The largest absolute Gasteiger partial charge is 0.485 e. The van der Waals surface area contributed by atoms with Crippen LogP contribution in [0.25, 0.3) is 0 Å². The maximum Gasteiger partial charge on any atom is 0.272 e. The van der Waals surface area contributed by atoms with E-state index < -0.39 is 24.8 Å². The molecule has 8 heteroatoms. The fourth-order valence-corrected chi connectivity index (χ4v) is 2.25. The van der Waals surface area contributed by atoms with E-state index >= 15 is 0 Å². The molecule has 144 valence electrons. The molecule has 0 atom stereocenters. The summed E-state index contributed by atoms with van der Waals surface area (Å²) < 4.78 is 42.7. The summed E-state index contributed by atoms with van der Waals surface area (Å²) in [6.45, 7) is 0.899. The van der Waals surface area contributed by atoms with E-state index in [9.17, 15) is 22.8 Å². The van der Waals surface area contributed by atoms with Crippen molar-refractivity contribution in [1.82, 2.24) is 10.3 Å². The highest BCUT2D eigenvalue weighted by Crippen LogP contribution is 2.19. The first-order valence-electron chi connectivity index (χ1n) is 8.33. The molecule has 2 rings (SSSR count). The van der Waals surface area contributed by atoms with Gasteiger partial charge in [-0.15, -0.1) is 0 Å². The third-order valence-corrected chi connectivity index (χ3v) is 3.67. The number of Topliss-reactive ketones (excluding diaryl/α,β-unsaturated/α-hetero) is 1. The molecule has 0 aliphatic rings. The molecule has 27 heavy (non-hydrogen) atoms. The van der Waals surface area contributed by atoms with Gasteiger partial charge in [-0.25, -0.2) is 13.2 Å². The predicted octanol–water partition coefficient (Wildman–Crippen LogP) is 3.32. The van der Waals surface area contributed by atoms with Gasteiger partial charge < -0.3 is 10.1 Å². The van der Waals surface area contributed by atoms with Gasteiger partial charge in [-0.2, -0.15) is 0 Å². The average Bonchev–Trinajstić information content (AvgIpc) is 2.65. The maximum absolute atomic E-state index is 13.8. The Morgan fingerprint density at radius 3 is 2.67 bits per heavy atom. The van der Waals surface area contributed by atoms with Crippen molar-refractivity contribution in [1.29, 1.82) is 0 Å². The number of amides is 1. The summed E-state index contributed by atoms with van der Waals surface area (Å²) in [7, 11) is 0. The van der Waals surface area contributed by atoms with Crippen molar-refractivity contribution in [2.45, 2.75) is 32.7 Å². The number of ether oxygens (including phenoxy) is 1. The van der Waals surface area contributed by atoms with Crippen LogP contribution in [0.2, 0.25) is 0 Å². The molecule has 0 aliphatic heterocycles. The number of hydrogen-bond acceptors (Lipinski definition) is 4. The second-order valence-corrected chi connectivity index (χ2v) is 5.75. The lowest BCUT2D eigenvalue weighted by atomic mass is 10.1. The molecule has 0 fully saturated rings. The number of ketones is 1. The number of hydrogen-bond donors (Lipinski definition) is 1. The molecule has 0 saturated heterocycles. The maximum atomic E-state index is 13.8. The minimum Gasteiger partial charge on any atom is -0.485 e. The molecule has 0 radical (unpaired) electrons. The molecule has 0 saturated carbocycles. The highest BCUT2D eigenvalue weighted by molar-refractivity contribution is 5.94. The molecule has 1 aromatic heterocycles. The Morgan fingerprint density at radius 2 is 2.00 bits per heavy atom. The summed E-state index contributed by atoms with van der Waals surface area (Å²) in [5.41, 5.74) is 1.28. The summed E-state index contributed by atoms with van der Waals surface area (Å²) in [6, 6.07) is 6.86. The number of benzene rings is 1. The first-order chi connectivity index (χ1) is 12.9. The number of aromatic nitrogens is 1. The number of carbonyl (C=O) groups excluding carboxylic acids is 2. The van der Waals surface area contributed by atoms with Gasteiger partial charge in [0, 0.05) is 36.8 Å². The number of alkyl halides is 2. The highest BCUT2D eigenvalue weighted by atomic mass is 19.3. The normalized spacial score (nSPS) is 10.7. The number of halogens is 3. The minimum atomic E-state index is -2.69. The quantitative estimate of drug-likeness (QED) is 0.725. The van der Waals surface area contributed by atoms with E-state index in [1.807, 2.05) is 0 Å². The van der Waals surface area contributed by atoms with E-state index in [-0.39, 0.29) is 24.5 Å². The van der Waals surface area contributed by atoms with Crippen molar-refractivity contribution < 1.29 is 27.5 Å². The summed E-state index contributed by atoms with van der Waals surface area (Å²) in [4.78, 5) is 27.8. The Hall–Kier alpha value is -2.90. The van der Waals surface area contributed by atoms with Crippen LogP contribution in [0.1, 0.15) is 35.0 Å². The smallest absolute Gasteiger partial charge is 0.272 e. The molecule has 1 aromatic carbocycles. The van der Waals surface area contributed by atoms with Gasteiger partial charge in [-0.3, -0.25) is 14.6 Å². The number of rotatable bonds is 9. The monoisotopic (exact) mass is 380 g/mol. The lowest BCUT2D eigenvalue weighted by Gasteiger charge is -2.09. The molecule has 1 amide bonds. The first kappa shape index (κ1) is 20.4. The fourth-order valence-electron chi connectivity index (χ4n) is 2.25. The van der Waals surface area contributed by atoms with Crippen molar-refractivity contribution in [3.05, 3.63) is 59.2 Å². The van der Waals surface area contributed by atoms with Crippen LogP contribution < -0.4 is 10.1 Å². The van der Waals surface area contributed by atoms with Crippen molar-refractivity contribution >= 4 is 11.7 Å². The molecule has 0 spiro atoms. The Labute approximate surface area is 154 Å². The topological polar surface area (TPSA) is 68.3 Å². The third kappa shape index (κ3) is 6.40. The van der Waals surface area contributed by atoms with Crippen LogP contribution in [-0.4, -0.2) is 29.7 Å². The lowest BCUT2D eigenvalue weighted by molar-refractivity contribution is -0.118. The van der Waals surface area contributed by atoms with Crippen LogP contribution >= 0.6 is 0 Å². The van der Waals surface area contributed by atoms with E-state index in [1.165, 1.54) is 30.5 Å². The van der Waals surface area contributed by atoms with Gasteiger partial charge in [0.25, 0.3) is 12.3 Å². The molecule has 1 N–H and O–H groups in total. The Bertz CT molecular complexity index is 813. The predicted molar refractivity (Wildman–Crippen MR) is 92.3 cm³/mol. The summed E-state index contributed by atoms with van der Waals surface area (Å²) in [5, 5.41) is 2.63. The molecular weight excluding hydrogens is 361 g/mol. The zero-order chi connectivity index (χ0) is 19.8. The van der Waals surface area contributed by atoms with E-state index in [1.54, 1.807) is 6.92 Å². The van der Waals surface area contributed by atoms with Crippen molar-refractivity contribution in [3.63, 3.8) is 0 Å². The number of carbonyl (C=O) groups is 2. The van der Waals surface area contributed by atoms with Crippen LogP contribution in [0.5, 0.6) is 5.75 Å². The van der Waals surface area contributed by atoms with E-state index in [0.29, 0.717) is 23.2 Å². The van der Waals surface area contributed by atoms with Crippen LogP contribution in [0, 0.1) is 5.82 Å². The summed E-state index contributed by atoms with van der Waals surface area (Å²) in [5.74, 6) is -1.44. The first-order valence-corrected chi connectivity index (χ1v) is 8.33. The second kappa shape index (κ2) is 9.70. The molecule has 0 aliphatic carbocycles. The molecular formula is C19H19F3N2O3. The molecule has 0 bridgehead atoms. The van der Waals surface area contributed by atoms with Crippen LogP contribution in [0.15, 0.2) is 36.5 Å². The van der Waals surface area contributed by atoms with Crippen LogP contribution in [-0.2, 0) is 17.8 Å². The minimum absolute atomic E-state index is 0.0182. The van der Waals surface area contributed by atoms with E-state index in [4.69, 9.17) is 0 Å². The zero-order valence-corrected chi connectivity index (χ0v) is 14.7. The van der Waals surface area contributed by atoms with Crippen molar-refractivity contribution in [3.8, 4) is 5.75 Å². The van der Waals surface area contributed by atoms with Gasteiger partial charge in [0.1, 0.15) is 12.4 Å². The number of pyridine rings is 1. The van der Waals surface area contributed by atoms with Gasteiger partial charge in [-0.1, -0.05) is 13.0 Å². The Morgan fingerprint density at radius 1 is 1.22 bits per heavy atom. The molecule has 1 heterocycles. The SMILES string of the molecule is CCC(=O)Cc1cc(C(=O)NCc2ccc(OCC(F)F)c(F)c2)ccn1. The standard InChI is InChI=1S/C19H19F3N2O3/c1-2-15(25)9-14-8-13(5-6-23-14)19(26)24-10-12-3-4-17(16(20)7-12)27-11-18(21)22/h3-8,18H,2,9-11H2,1H3,(H,24,26). The van der Waals surface area contributed by atoms with Gasteiger partial charge in [0.2, 0.25) is 0 Å². The molecule has 0 unspecified atom stereocenters. The average molecular weight is 380 g/mol. The zero-order valence-electron chi connectivity index (χ0n) is 14.7. The van der Waals surface area contributed by atoms with Crippen molar-refractivity contribution in [2.75, 3.05) is 6.61 Å². The molecule has 2 aromatic rings. The second-order valence-electron chi connectivity index (χ2n) is 5.75. The van der Waals surface area contributed by atoms with Gasteiger partial charge in [-0.05, 0) is 29.8 Å². The number of nitrogens with one attached hydrogen (secondary N) is 1.